The molecule has 0 aliphatic heterocycles. The van der Waals surface area contributed by atoms with Crippen molar-refractivity contribution in [1.29, 1.82) is 0 Å². The predicted molar refractivity (Wildman–Crippen MR) is 185 cm³/mol. The Kier molecular flexibility index (Phi) is 15.3. The smallest absolute Gasteiger partial charge is 0.447 e. The Bertz CT molecular complexity index is 1680. The Hall–Kier alpha value is -3.88. The van der Waals surface area contributed by atoms with Crippen molar-refractivity contribution >= 4 is 54.0 Å². The van der Waals surface area contributed by atoms with Crippen molar-refractivity contribution in [3.8, 4) is 0 Å². The van der Waals surface area contributed by atoms with Crippen LogP contribution in [0.4, 0.5) is 24.2 Å². The minimum Gasteiger partial charge on any atom is -0.447 e. The number of hydrogen-bond donors (Lipinski definition) is 3. The van der Waals surface area contributed by atoms with Crippen molar-refractivity contribution in [2.75, 3.05) is 52.9 Å². The molecule has 0 saturated heterocycles. The quantitative estimate of drug-likeness (QED) is 0.0954. The van der Waals surface area contributed by atoms with E-state index in [0.29, 0.717) is 29.2 Å². The SMILES string of the molecule is COP(=O)(OC)OCC(C)(C)CNC(=O)NCCC[C@@H](COC(=O)Nc1cc2cc(F)ccc2cn1)N(C)C(=O)CCc1cccc(F)c1Cl. The van der Waals surface area contributed by atoms with Gasteiger partial charge in [0.05, 0.1) is 17.7 Å². The van der Waals surface area contributed by atoms with Crippen LogP contribution < -0.4 is 16.0 Å². The third-order valence-corrected chi connectivity index (χ3v) is 9.45. The van der Waals surface area contributed by atoms with Crippen LogP contribution in [0.25, 0.3) is 10.8 Å². The highest BCUT2D eigenvalue weighted by atomic mass is 35.5. The fourth-order valence-corrected chi connectivity index (χ4v) is 5.74. The largest absolute Gasteiger partial charge is 0.474 e. The van der Waals surface area contributed by atoms with Gasteiger partial charge in [0.2, 0.25) is 5.91 Å². The number of pyridine rings is 1. The molecule has 3 rings (SSSR count). The molecule has 13 nitrogen and oxygen atoms in total. The van der Waals surface area contributed by atoms with Gasteiger partial charge in [0, 0.05) is 57.8 Å². The normalized spacial score (nSPS) is 12.3. The third-order valence-electron chi connectivity index (χ3n) is 7.69. The van der Waals surface area contributed by atoms with Gasteiger partial charge in [0.25, 0.3) is 0 Å². The number of amides is 4. The standard InChI is InChI=1S/C33H43ClF2N5O8P/c1-33(2,21-49-50(45,46-4)47-5)20-39-31(43)37-15-7-9-26(41(3)29(42)14-12-22-8-6-10-27(36)30(22)34)19-48-32(44)40-28-17-24-16-25(35)13-11-23(24)18-38-28/h6,8,10-11,13,16-18,26H,7,9,12,14-15,19-21H2,1-5H3,(H2,37,39,43)(H,38,40,44)/t26-/m0/s1. The maximum Gasteiger partial charge on any atom is 0.474 e. The summed E-state index contributed by atoms with van der Waals surface area (Å²) in [5, 5.41) is 9.17. The van der Waals surface area contributed by atoms with Crippen molar-refractivity contribution in [3.05, 3.63) is 70.9 Å². The Balaban J connectivity index is 1.56. The van der Waals surface area contributed by atoms with E-state index in [4.69, 9.17) is 29.9 Å². The van der Waals surface area contributed by atoms with Crippen LogP contribution in [0.3, 0.4) is 0 Å². The van der Waals surface area contributed by atoms with Crippen LogP contribution in [0.15, 0.2) is 48.7 Å². The van der Waals surface area contributed by atoms with Gasteiger partial charge in [-0.05, 0) is 60.5 Å². The lowest BCUT2D eigenvalue weighted by Gasteiger charge is -2.28. The number of fused-ring (bicyclic) bond motifs is 1. The van der Waals surface area contributed by atoms with Crippen molar-refractivity contribution in [1.82, 2.24) is 20.5 Å². The lowest BCUT2D eigenvalue weighted by molar-refractivity contribution is -0.132. The zero-order valence-corrected chi connectivity index (χ0v) is 30.2. The molecule has 274 valence electrons. The molecular formula is C33H43ClF2N5O8P. The number of aryl methyl sites for hydroxylation is 1. The van der Waals surface area contributed by atoms with Gasteiger partial charge in [-0.2, -0.15) is 0 Å². The molecule has 0 fully saturated rings. The van der Waals surface area contributed by atoms with Crippen molar-refractivity contribution in [3.63, 3.8) is 0 Å². The molecule has 0 bridgehead atoms. The Labute approximate surface area is 294 Å². The molecule has 1 atom stereocenters. The molecule has 3 aromatic rings. The van der Waals surface area contributed by atoms with Crippen LogP contribution in [-0.4, -0.2) is 81.5 Å². The highest BCUT2D eigenvalue weighted by molar-refractivity contribution is 7.48. The van der Waals surface area contributed by atoms with Crippen molar-refractivity contribution in [2.24, 2.45) is 5.41 Å². The van der Waals surface area contributed by atoms with E-state index in [-0.39, 0.29) is 55.9 Å². The molecule has 50 heavy (non-hydrogen) atoms. The number of ether oxygens (including phenoxy) is 1. The summed E-state index contributed by atoms with van der Waals surface area (Å²) in [7, 11) is 0.316. The zero-order valence-electron chi connectivity index (χ0n) is 28.6. The third kappa shape index (κ3) is 12.8. The summed E-state index contributed by atoms with van der Waals surface area (Å²) in [5.74, 6) is -1.16. The number of nitrogens with zero attached hydrogens (tertiary/aromatic N) is 2. The summed E-state index contributed by atoms with van der Waals surface area (Å²) in [6, 6.07) is 9.04. The molecule has 3 N–H and O–H groups in total. The Morgan fingerprint density at radius 3 is 2.52 bits per heavy atom. The van der Waals surface area contributed by atoms with Crippen LogP contribution in [0.2, 0.25) is 5.02 Å². The second-order valence-electron chi connectivity index (χ2n) is 12.2. The first-order valence-corrected chi connectivity index (χ1v) is 17.5. The highest BCUT2D eigenvalue weighted by Gasteiger charge is 2.29. The molecule has 0 aliphatic carbocycles. The van der Waals surface area contributed by atoms with Crippen LogP contribution in [0.1, 0.15) is 38.7 Å². The second-order valence-corrected chi connectivity index (χ2v) is 14.4. The molecule has 2 aromatic carbocycles. The number of benzene rings is 2. The number of carbonyl (C=O) groups excluding carboxylic acids is 3. The molecule has 4 amide bonds. The fourth-order valence-electron chi connectivity index (χ4n) is 4.65. The molecule has 0 aliphatic rings. The maximum atomic E-state index is 13.9. The summed E-state index contributed by atoms with van der Waals surface area (Å²) < 4.78 is 60.0. The first kappa shape index (κ1) is 40.5. The van der Waals surface area contributed by atoms with E-state index in [0.717, 1.165) is 0 Å². The number of hydrogen-bond acceptors (Lipinski definition) is 9. The number of likely N-dealkylation sites (N-methyl/N-ethyl adjacent to an activating group) is 1. The Morgan fingerprint density at radius 2 is 1.80 bits per heavy atom. The average molecular weight is 742 g/mol. The molecular weight excluding hydrogens is 699 g/mol. The fraction of sp³-hybridized carbons (Fsp3) is 0.455. The van der Waals surface area contributed by atoms with Gasteiger partial charge >= 0.3 is 19.9 Å². The summed E-state index contributed by atoms with van der Waals surface area (Å²) in [6.07, 6.45) is 1.62. The van der Waals surface area contributed by atoms with Crippen LogP contribution in [0.5, 0.6) is 0 Å². The number of halogens is 3. The number of urea groups is 1. The summed E-state index contributed by atoms with van der Waals surface area (Å²) >= 11 is 6.06. The highest BCUT2D eigenvalue weighted by Crippen LogP contribution is 2.48. The molecule has 1 aromatic heterocycles. The van der Waals surface area contributed by atoms with Gasteiger partial charge in [-0.3, -0.25) is 23.7 Å². The maximum absolute atomic E-state index is 13.9. The minimum absolute atomic E-state index is 0.0112. The number of nitrogens with one attached hydrogen (secondary N) is 3. The molecule has 0 saturated carbocycles. The first-order valence-electron chi connectivity index (χ1n) is 15.7. The number of phosphoric ester groups is 1. The van der Waals surface area contributed by atoms with E-state index in [1.807, 2.05) is 0 Å². The molecule has 0 spiro atoms. The van der Waals surface area contributed by atoms with E-state index < -0.39 is 43.0 Å². The lowest BCUT2D eigenvalue weighted by Crippen LogP contribution is -2.43. The van der Waals surface area contributed by atoms with Gasteiger partial charge in [-0.15, -0.1) is 0 Å². The predicted octanol–water partition coefficient (Wildman–Crippen LogP) is 6.70. The topological polar surface area (TPSA) is 157 Å². The van der Waals surface area contributed by atoms with E-state index in [9.17, 15) is 27.7 Å². The average Bonchev–Trinajstić information content (AvgIpc) is 3.09. The zero-order chi connectivity index (χ0) is 36.9. The summed E-state index contributed by atoms with van der Waals surface area (Å²) in [5.41, 5.74) is -0.121. The van der Waals surface area contributed by atoms with E-state index >= 15 is 0 Å². The van der Waals surface area contributed by atoms with Gasteiger partial charge in [-0.25, -0.2) is 27.9 Å². The monoisotopic (exact) mass is 741 g/mol. The van der Waals surface area contributed by atoms with Crippen molar-refractivity contribution < 1.29 is 46.0 Å². The lowest BCUT2D eigenvalue weighted by atomic mass is 9.95. The number of phosphoric acid groups is 1. The molecule has 1 heterocycles. The summed E-state index contributed by atoms with van der Waals surface area (Å²) in [6.45, 7) is 3.81. The van der Waals surface area contributed by atoms with E-state index in [1.54, 1.807) is 33.0 Å². The van der Waals surface area contributed by atoms with Gasteiger partial charge in [-0.1, -0.05) is 37.6 Å². The molecule has 17 heteroatoms. The Morgan fingerprint density at radius 1 is 1.06 bits per heavy atom. The van der Waals surface area contributed by atoms with Crippen LogP contribution in [0, 0.1) is 17.0 Å². The second kappa shape index (κ2) is 18.9. The van der Waals surface area contributed by atoms with E-state index in [1.165, 1.54) is 55.6 Å². The minimum atomic E-state index is -3.67. The molecule has 0 radical (unpaired) electrons. The van der Waals surface area contributed by atoms with Gasteiger partial charge < -0.3 is 20.3 Å². The van der Waals surface area contributed by atoms with E-state index in [2.05, 4.69) is 20.9 Å². The van der Waals surface area contributed by atoms with Gasteiger partial charge in [0.15, 0.2) is 0 Å². The van der Waals surface area contributed by atoms with Gasteiger partial charge in [0.1, 0.15) is 24.1 Å². The van der Waals surface area contributed by atoms with Crippen LogP contribution in [-0.2, 0) is 34.1 Å². The van der Waals surface area contributed by atoms with Crippen molar-refractivity contribution in [2.45, 2.75) is 45.6 Å². The first-order chi connectivity index (χ1) is 23.6. The number of rotatable bonds is 18. The summed E-state index contributed by atoms with van der Waals surface area (Å²) in [4.78, 5) is 44.0. The number of carbonyl (C=O) groups is 3. The number of anilines is 1. The van der Waals surface area contributed by atoms with Crippen LogP contribution >= 0.6 is 19.4 Å². The molecule has 0 unspecified atom stereocenters. The number of aromatic nitrogens is 1.